The number of hydrogen-bond acceptors (Lipinski definition) is 4. The minimum atomic E-state index is -0.477. The highest BCUT2D eigenvalue weighted by Gasteiger charge is 2.15. The number of carbonyl (C=O) groups excluding carboxylic acids is 2. The Morgan fingerprint density at radius 1 is 1.29 bits per heavy atom. The van der Waals surface area contributed by atoms with Gasteiger partial charge in [-0.25, -0.2) is 9.59 Å². The maximum absolute atomic E-state index is 11.2. The molecule has 0 saturated carbocycles. The fraction of sp³-hybridized carbons (Fsp3) is 0.667. The van der Waals surface area contributed by atoms with E-state index in [1.807, 2.05) is 20.8 Å². The van der Waals surface area contributed by atoms with Crippen LogP contribution in [0.2, 0.25) is 0 Å². The Bertz CT molecular complexity index is 279. The van der Waals surface area contributed by atoms with E-state index in [-0.39, 0.29) is 5.97 Å². The first-order chi connectivity index (χ1) is 7.85. The van der Waals surface area contributed by atoms with E-state index in [2.05, 4.69) is 10.1 Å². The molecule has 0 radical (unpaired) electrons. The Hall–Kier alpha value is -1.52. The van der Waals surface area contributed by atoms with Crippen LogP contribution in [-0.4, -0.2) is 31.3 Å². The summed E-state index contributed by atoms with van der Waals surface area (Å²) in [7, 11) is 1.33. The third kappa shape index (κ3) is 10.8. The van der Waals surface area contributed by atoms with Crippen molar-refractivity contribution in [3.63, 3.8) is 0 Å². The lowest BCUT2D eigenvalue weighted by atomic mass is 10.2. The predicted octanol–water partition coefficient (Wildman–Crippen LogP) is 2.02. The largest absolute Gasteiger partial charge is 0.466 e. The molecule has 0 saturated heterocycles. The quantitative estimate of drug-likeness (QED) is 0.456. The van der Waals surface area contributed by atoms with Gasteiger partial charge < -0.3 is 14.8 Å². The third-order valence-corrected chi connectivity index (χ3v) is 1.67. The molecule has 0 aromatic carbocycles. The second-order valence-electron chi connectivity index (χ2n) is 4.50. The first-order valence-corrected chi connectivity index (χ1v) is 5.56. The van der Waals surface area contributed by atoms with E-state index in [1.54, 1.807) is 6.08 Å². The number of ether oxygens (including phenoxy) is 2. The molecule has 0 rings (SSSR count). The lowest BCUT2D eigenvalue weighted by Gasteiger charge is -2.19. The molecule has 0 fully saturated rings. The molecular formula is C12H21NO4. The zero-order valence-corrected chi connectivity index (χ0v) is 10.9. The summed E-state index contributed by atoms with van der Waals surface area (Å²) in [5, 5.41) is 2.63. The maximum Gasteiger partial charge on any atom is 0.407 e. The number of alkyl carbamates (subject to hydrolysis) is 1. The van der Waals surface area contributed by atoms with Crippen LogP contribution in [0.4, 0.5) is 4.79 Å². The Morgan fingerprint density at radius 3 is 2.47 bits per heavy atom. The number of rotatable bonds is 5. The van der Waals surface area contributed by atoms with Crippen LogP contribution in [0.3, 0.4) is 0 Å². The molecule has 1 amide bonds. The molecule has 0 bridgehead atoms. The Balaban J connectivity index is 3.55. The van der Waals surface area contributed by atoms with Gasteiger partial charge in [-0.1, -0.05) is 6.08 Å². The van der Waals surface area contributed by atoms with Crippen LogP contribution in [0, 0.1) is 0 Å². The fourth-order valence-corrected chi connectivity index (χ4v) is 0.972. The highest BCUT2D eigenvalue weighted by molar-refractivity contribution is 5.81. The van der Waals surface area contributed by atoms with Crippen LogP contribution >= 0.6 is 0 Å². The van der Waals surface area contributed by atoms with Gasteiger partial charge in [0.2, 0.25) is 0 Å². The van der Waals surface area contributed by atoms with E-state index in [0.717, 1.165) is 6.42 Å². The Labute approximate surface area is 102 Å². The summed E-state index contributed by atoms with van der Waals surface area (Å²) < 4.78 is 9.49. The van der Waals surface area contributed by atoms with Crippen molar-refractivity contribution in [2.45, 2.75) is 39.2 Å². The summed E-state index contributed by atoms with van der Waals surface area (Å²) in [6.45, 7) is 5.95. The van der Waals surface area contributed by atoms with Gasteiger partial charge in [0.15, 0.2) is 0 Å². The van der Waals surface area contributed by atoms with Crippen LogP contribution in [0.25, 0.3) is 0 Å². The molecule has 0 aliphatic carbocycles. The average Bonchev–Trinajstić information content (AvgIpc) is 2.20. The standard InChI is InChI=1S/C12H21NO4/c1-12(2,3)17-11(15)13-9-7-5-6-8-10(14)16-4/h6,8H,5,7,9H2,1-4H3,(H,13,15)/b8-6+. The summed E-state index contributed by atoms with van der Waals surface area (Å²) in [6.07, 6.45) is 4.10. The molecular weight excluding hydrogens is 222 g/mol. The molecule has 0 atom stereocenters. The molecule has 0 unspecified atom stereocenters. The van der Waals surface area contributed by atoms with Crippen molar-refractivity contribution in [2.75, 3.05) is 13.7 Å². The van der Waals surface area contributed by atoms with Crippen molar-refractivity contribution < 1.29 is 19.1 Å². The first kappa shape index (κ1) is 15.5. The minimum absolute atomic E-state index is 0.370. The van der Waals surface area contributed by atoms with E-state index in [1.165, 1.54) is 13.2 Å². The van der Waals surface area contributed by atoms with E-state index < -0.39 is 11.7 Å². The van der Waals surface area contributed by atoms with Crippen molar-refractivity contribution in [1.29, 1.82) is 0 Å². The zero-order chi connectivity index (χ0) is 13.3. The summed E-state index contributed by atoms with van der Waals surface area (Å²) in [5.41, 5.74) is -0.477. The number of esters is 1. The molecule has 1 N–H and O–H groups in total. The number of amides is 1. The maximum atomic E-state index is 11.2. The predicted molar refractivity (Wildman–Crippen MR) is 64.6 cm³/mol. The van der Waals surface area contributed by atoms with Gasteiger partial charge in [0, 0.05) is 12.6 Å². The van der Waals surface area contributed by atoms with Gasteiger partial charge in [0.25, 0.3) is 0 Å². The average molecular weight is 243 g/mol. The van der Waals surface area contributed by atoms with Gasteiger partial charge in [-0.15, -0.1) is 0 Å². The van der Waals surface area contributed by atoms with Gasteiger partial charge >= 0.3 is 12.1 Å². The van der Waals surface area contributed by atoms with E-state index >= 15 is 0 Å². The molecule has 0 aromatic rings. The highest BCUT2D eigenvalue weighted by atomic mass is 16.6. The molecule has 17 heavy (non-hydrogen) atoms. The van der Waals surface area contributed by atoms with Gasteiger partial charge in [-0.2, -0.15) is 0 Å². The smallest absolute Gasteiger partial charge is 0.407 e. The monoisotopic (exact) mass is 243 g/mol. The second-order valence-corrected chi connectivity index (χ2v) is 4.50. The lowest BCUT2D eigenvalue weighted by molar-refractivity contribution is -0.134. The van der Waals surface area contributed by atoms with Gasteiger partial charge in [-0.3, -0.25) is 0 Å². The van der Waals surface area contributed by atoms with Gasteiger partial charge in [0.05, 0.1) is 7.11 Å². The van der Waals surface area contributed by atoms with Crippen LogP contribution in [-0.2, 0) is 14.3 Å². The number of hydrogen-bond donors (Lipinski definition) is 1. The van der Waals surface area contributed by atoms with Crippen LogP contribution in [0.5, 0.6) is 0 Å². The summed E-state index contributed by atoms with van der Waals surface area (Å²) in [5.74, 6) is -0.370. The summed E-state index contributed by atoms with van der Waals surface area (Å²) in [4.78, 5) is 21.9. The highest BCUT2D eigenvalue weighted by Crippen LogP contribution is 2.06. The number of methoxy groups -OCH3 is 1. The third-order valence-electron chi connectivity index (χ3n) is 1.67. The number of nitrogens with one attached hydrogen (secondary N) is 1. The van der Waals surface area contributed by atoms with Crippen LogP contribution in [0.1, 0.15) is 33.6 Å². The normalized spacial score (nSPS) is 11.3. The van der Waals surface area contributed by atoms with Crippen LogP contribution < -0.4 is 5.32 Å². The first-order valence-electron chi connectivity index (χ1n) is 5.56. The Morgan fingerprint density at radius 2 is 1.94 bits per heavy atom. The SMILES string of the molecule is COC(=O)/C=C/CCCNC(=O)OC(C)(C)C. The van der Waals surface area contributed by atoms with Crippen molar-refractivity contribution >= 4 is 12.1 Å². The van der Waals surface area contributed by atoms with Crippen molar-refractivity contribution in [1.82, 2.24) is 5.32 Å². The van der Waals surface area contributed by atoms with E-state index in [0.29, 0.717) is 13.0 Å². The van der Waals surface area contributed by atoms with E-state index in [9.17, 15) is 9.59 Å². The minimum Gasteiger partial charge on any atom is -0.466 e. The van der Waals surface area contributed by atoms with Crippen molar-refractivity contribution in [3.05, 3.63) is 12.2 Å². The number of unbranched alkanes of at least 4 members (excludes halogenated alkanes) is 1. The van der Waals surface area contributed by atoms with Crippen LogP contribution in [0.15, 0.2) is 12.2 Å². The lowest BCUT2D eigenvalue weighted by Crippen LogP contribution is -2.32. The second kappa shape index (κ2) is 7.70. The molecule has 0 aliphatic heterocycles. The zero-order valence-electron chi connectivity index (χ0n) is 10.9. The van der Waals surface area contributed by atoms with E-state index in [4.69, 9.17) is 4.74 Å². The molecule has 0 heterocycles. The molecule has 5 heteroatoms. The summed E-state index contributed by atoms with van der Waals surface area (Å²) >= 11 is 0. The molecule has 0 aromatic heterocycles. The topological polar surface area (TPSA) is 64.6 Å². The molecule has 0 aliphatic rings. The van der Waals surface area contributed by atoms with Gasteiger partial charge in [-0.05, 0) is 33.6 Å². The molecule has 5 nitrogen and oxygen atoms in total. The van der Waals surface area contributed by atoms with Gasteiger partial charge in [0.1, 0.15) is 5.60 Å². The van der Waals surface area contributed by atoms with Crippen molar-refractivity contribution in [2.24, 2.45) is 0 Å². The van der Waals surface area contributed by atoms with Crippen molar-refractivity contribution in [3.8, 4) is 0 Å². The molecule has 0 spiro atoms. The number of allylic oxidation sites excluding steroid dienone is 1. The number of carbonyl (C=O) groups is 2. The summed E-state index contributed by atoms with van der Waals surface area (Å²) in [6, 6.07) is 0. The fourth-order valence-electron chi connectivity index (χ4n) is 0.972. The molecule has 98 valence electrons. The Kier molecular flexibility index (Phi) is 7.02.